The van der Waals surface area contributed by atoms with Crippen LogP contribution >= 0.6 is 0 Å². The van der Waals surface area contributed by atoms with Crippen LogP contribution in [0.15, 0.2) is 30.6 Å². The monoisotopic (exact) mass is 234 g/mol. The Morgan fingerprint density at radius 2 is 2.29 bits per heavy atom. The van der Waals surface area contributed by atoms with E-state index in [9.17, 15) is 4.39 Å². The maximum atomic E-state index is 13.2. The van der Waals surface area contributed by atoms with Gasteiger partial charge in [-0.2, -0.15) is 5.10 Å². The van der Waals surface area contributed by atoms with E-state index in [1.165, 1.54) is 6.07 Å². The number of nitrogens with two attached hydrogens (primary N) is 1. The molecule has 2 rings (SSSR count). The van der Waals surface area contributed by atoms with Crippen molar-refractivity contribution in [2.24, 2.45) is 0 Å². The lowest BCUT2D eigenvalue weighted by Crippen LogP contribution is -2.12. The molecular weight excluding hydrogens is 219 g/mol. The standard InChI is InChI=1S/C12H15FN4/c1-9-7-12(11(14)8-10(9)13)15-4-6-17-5-2-3-16-17/h2-3,5,7-8,15H,4,6,14H2,1H3. The molecule has 17 heavy (non-hydrogen) atoms. The first-order valence-corrected chi connectivity index (χ1v) is 5.44. The van der Waals surface area contributed by atoms with Crippen molar-refractivity contribution in [3.8, 4) is 0 Å². The Bertz CT molecular complexity index is 493. The number of hydrogen-bond donors (Lipinski definition) is 2. The van der Waals surface area contributed by atoms with Gasteiger partial charge in [0.25, 0.3) is 0 Å². The summed E-state index contributed by atoms with van der Waals surface area (Å²) in [4.78, 5) is 0. The van der Waals surface area contributed by atoms with Crippen LogP contribution in [0.2, 0.25) is 0 Å². The highest BCUT2D eigenvalue weighted by atomic mass is 19.1. The van der Waals surface area contributed by atoms with Crippen LogP contribution in [0.1, 0.15) is 5.56 Å². The molecule has 0 spiro atoms. The van der Waals surface area contributed by atoms with Gasteiger partial charge in [-0.05, 0) is 30.7 Å². The van der Waals surface area contributed by atoms with E-state index in [-0.39, 0.29) is 5.82 Å². The number of benzene rings is 1. The van der Waals surface area contributed by atoms with Gasteiger partial charge in [0.15, 0.2) is 0 Å². The van der Waals surface area contributed by atoms with Gasteiger partial charge in [0.2, 0.25) is 0 Å². The summed E-state index contributed by atoms with van der Waals surface area (Å²) in [5.74, 6) is -0.278. The van der Waals surface area contributed by atoms with Crippen LogP contribution in [0.3, 0.4) is 0 Å². The molecule has 0 aliphatic rings. The predicted octanol–water partition coefficient (Wildman–Crippen LogP) is 2.02. The molecule has 2 aromatic rings. The minimum absolute atomic E-state index is 0.278. The number of nitrogens with one attached hydrogen (secondary N) is 1. The molecule has 0 unspecified atom stereocenters. The van der Waals surface area contributed by atoms with Crippen molar-refractivity contribution >= 4 is 11.4 Å². The highest BCUT2D eigenvalue weighted by molar-refractivity contribution is 5.67. The van der Waals surface area contributed by atoms with Crippen molar-refractivity contribution in [2.45, 2.75) is 13.5 Å². The molecule has 0 fully saturated rings. The number of hydrogen-bond acceptors (Lipinski definition) is 3. The third-order valence-electron chi connectivity index (χ3n) is 2.55. The molecular formula is C12H15FN4. The van der Waals surface area contributed by atoms with Crippen LogP contribution in [-0.4, -0.2) is 16.3 Å². The Balaban J connectivity index is 1.97. The van der Waals surface area contributed by atoms with E-state index >= 15 is 0 Å². The highest BCUT2D eigenvalue weighted by Gasteiger charge is 2.04. The topological polar surface area (TPSA) is 55.9 Å². The van der Waals surface area contributed by atoms with Crippen molar-refractivity contribution in [3.05, 3.63) is 42.0 Å². The molecule has 0 radical (unpaired) electrons. The van der Waals surface area contributed by atoms with Crippen LogP contribution in [-0.2, 0) is 6.54 Å². The second-order valence-corrected chi connectivity index (χ2v) is 3.88. The molecule has 3 N–H and O–H groups in total. The summed E-state index contributed by atoms with van der Waals surface area (Å²) in [6.07, 6.45) is 3.62. The zero-order valence-corrected chi connectivity index (χ0v) is 9.65. The summed E-state index contributed by atoms with van der Waals surface area (Å²) in [5, 5.41) is 7.25. The van der Waals surface area contributed by atoms with Gasteiger partial charge in [-0.15, -0.1) is 0 Å². The van der Waals surface area contributed by atoms with Gasteiger partial charge in [0.1, 0.15) is 5.82 Å². The molecule has 0 saturated carbocycles. The second kappa shape index (κ2) is 4.86. The quantitative estimate of drug-likeness (QED) is 0.796. The summed E-state index contributed by atoms with van der Waals surface area (Å²) in [6, 6.07) is 4.93. The fraction of sp³-hybridized carbons (Fsp3) is 0.250. The normalized spacial score (nSPS) is 10.5. The third-order valence-corrected chi connectivity index (χ3v) is 2.55. The Morgan fingerprint density at radius 1 is 1.47 bits per heavy atom. The molecule has 1 aromatic heterocycles. The first-order valence-electron chi connectivity index (χ1n) is 5.44. The Morgan fingerprint density at radius 3 is 3.00 bits per heavy atom. The first kappa shape index (κ1) is 11.4. The first-order chi connectivity index (χ1) is 8.16. The van der Waals surface area contributed by atoms with Crippen molar-refractivity contribution in [3.63, 3.8) is 0 Å². The largest absolute Gasteiger partial charge is 0.397 e. The lowest BCUT2D eigenvalue weighted by Gasteiger charge is -2.10. The molecule has 0 aliphatic heterocycles. The molecule has 0 amide bonds. The van der Waals surface area contributed by atoms with Gasteiger partial charge < -0.3 is 11.1 Å². The molecule has 0 bridgehead atoms. The van der Waals surface area contributed by atoms with E-state index < -0.39 is 0 Å². The number of anilines is 2. The predicted molar refractivity (Wildman–Crippen MR) is 66.3 cm³/mol. The van der Waals surface area contributed by atoms with Crippen molar-refractivity contribution in [2.75, 3.05) is 17.6 Å². The molecule has 1 aromatic carbocycles. The molecule has 5 heteroatoms. The fourth-order valence-corrected chi connectivity index (χ4v) is 1.59. The summed E-state index contributed by atoms with van der Waals surface area (Å²) in [7, 11) is 0. The fourth-order valence-electron chi connectivity index (χ4n) is 1.59. The minimum Gasteiger partial charge on any atom is -0.397 e. The average Bonchev–Trinajstić information content (AvgIpc) is 2.78. The number of nitrogens with zero attached hydrogens (tertiary/aromatic N) is 2. The van der Waals surface area contributed by atoms with Crippen LogP contribution in [0.4, 0.5) is 15.8 Å². The molecule has 0 atom stereocenters. The lowest BCUT2D eigenvalue weighted by atomic mass is 10.2. The Hall–Kier alpha value is -2.04. The van der Waals surface area contributed by atoms with Crippen molar-refractivity contribution in [1.82, 2.24) is 9.78 Å². The van der Waals surface area contributed by atoms with Gasteiger partial charge in [-0.3, -0.25) is 4.68 Å². The number of aryl methyl sites for hydroxylation is 1. The van der Waals surface area contributed by atoms with Crippen molar-refractivity contribution in [1.29, 1.82) is 0 Å². The third kappa shape index (κ3) is 2.75. The maximum Gasteiger partial charge on any atom is 0.128 e. The molecule has 4 nitrogen and oxygen atoms in total. The van der Waals surface area contributed by atoms with E-state index in [0.717, 1.165) is 12.2 Å². The summed E-state index contributed by atoms with van der Waals surface area (Å²) >= 11 is 0. The lowest BCUT2D eigenvalue weighted by molar-refractivity contribution is 0.618. The van der Waals surface area contributed by atoms with Crippen LogP contribution < -0.4 is 11.1 Å². The summed E-state index contributed by atoms with van der Waals surface area (Å²) in [5.41, 5.74) is 7.49. The smallest absolute Gasteiger partial charge is 0.128 e. The van der Waals surface area contributed by atoms with Crippen LogP contribution in [0, 0.1) is 12.7 Å². The van der Waals surface area contributed by atoms with E-state index in [2.05, 4.69) is 10.4 Å². The molecule has 90 valence electrons. The van der Waals surface area contributed by atoms with Gasteiger partial charge in [-0.25, -0.2) is 4.39 Å². The second-order valence-electron chi connectivity index (χ2n) is 3.88. The van der Waals surface area contributed by atoms with Gasteiger partial charge in [0, 0.05) is 18.9 Å². The Kier molecular flexibility index (Phi) is 3.27. The van der Waals surface area contributed by atoms with Crippen molar-refractivity contribution < 1.29 is 4.39 Å². The maximum absolute atomic E-state index is 13.2. The number of halogens is 1. The zero-order chi connectivity index (χ0) is 12.3. The van der Waals surface area contributed by atoms with E-state index in [4.69, 9.17) is 5.73 Å². The SMILES string of the molecule is Cc1cc(NCCn2cccn2)c(N)cc1F. The summed E-state index contributed by atoms with van der Waals surface area (Å²) < 4.78 is 15.0. The summed E-state index contributed by atoms with van der Waals surface area (Å²) in [6.45, 7) is 3.15. The molecule has 0 saturated heterocycles. The number of nitrogen functional groups attached to an aromatic ring is 1. The van der Waals surface area contributed by atoms with E-state index in [1.807, 2.05) is 16.9 Å². The number of aromatic nitrogens is 2. The minimum atomic E-state index is -0.278. The molecule has 0 aliphatic carbocycles. The zero-order valence-electron chi connectivity index (χ0n) is 9.65. The number of rotatable bonds is 4. The molecule has 1 heterocycles. The van der Waals surface area contributed by atoms with Gasteiger partial charge >= 0.3 is 0 Å². The van der Waals surface area contributed by atoms with Crippen LogP contribution in [0.25, 0.3) is 0 Å². The van der Waals surface area contributed by atoms with E-state index in [0.29, 0.717) is 17.8 Å². The van der Waals surface area contributed by atoms with Crippen LogP contribution in [0.5, 0.6) is 0 Å². The van der Waals surface area contributed by atoms with Gasteiger partial charge in [0.05, 0.1) is 17.9 Å². The van der Waals surface area contributed by atoms with E-state index in [1.54, 1.807) is 19.2 Å². The van der Waals surface area contributed by atoms with Gasteiger partial charge in [-0.1, -0.05) is 0 Å². The highest BCUT2D eigenvalue weighted by Crippen LogP contribution is 2.22. The Labute approximate surface area is 99.2 Å². The average molecular weight is 234 g/mol.